The number of nitrogens with zero attached hydrogens (tertiary/aromatic N) is 2. The molecule has 108 valence electrons. The highest BCUT2D eigenvalue weighted by Crippen LogP contribution is 2.21. The van der Waals surface area contributed by atoms with E-state index < -0.39 is 0 Å². The minimum atomic E-state index is -0.106. The number of hydrogen-bond acceptors (Lipinski definition) is 4. The number of nitrogens with one attached hydrogen (secondary N) is 1. The molecule has 0 amide bonds. The van der Waals surface area contributed by atoms with Crippen LogP contribution in [0.3, 0.4) is 0 Å². The van der Waals surface area contributed by atoms with Crippen molar-refractivity contribution >= 4 is 33.0 Å². The Morgan fingerprint density at radius 3 is 2.70 bits per heavy atom. The molecule has 0 saturated heterocycles. The third-order valence-corrected chi connectivity index (χ3v) is 4.95. The van der Waals surface area contributed by atoms with Gasteiger partial charge in [-0.3, -0.25) is 4.79 Å². The van der Waals surface area contributed by atoms with Crippen molar-refractivity contribution in [1.29, 1.82) is 0 Å². The zero-order chi connectivity index (χ0) is 14.7. The van der Waals surface area contributed by atoms with Gasteiger partial charge in [0.1, 0.15) is 4.47 Å². The highest BCUT2D eigenvalue weighted by atomic mass is 79.9. The lowest BCUT2D eigenvalue weighted by Gasteiger charge is -2.12. The smallest absolute Gasteiger partial charge is 0.283 e. The van der Waals surface area contributed by atoms with Crippen molar-refractivity contribution in [2.75, 3.05) is 5.32 Å². The molecular formula is C14H18BrN3OS. The SMILES string of the molecule is CCc1ccc(CNc2cnn(C(C)C)c(=O)c2Br)s1. The first-order valence-corrected chi connectivity index (χ1v) is 8.22. The fourth-order valence-electron chi connectivity index (χ4n) is 1.83. The van der Waals surface area contributed by atoms with Crippen LogP contribution < -0.4 is 10.9 Å². The Kier molecular flexibility index (Phi) is 4.99. The standard InChI is InChI=1S/C14H18BrN3OS/c1-4-10-5-6-11(20-10)7-16-12-8-17-18(9(2)3)14(19)13(12)15/h5-6,8-9,16H,4,7H2,1-3H3. The lowest BCUT2D eigenvalue weighted by Crippen LogP contribution is -2.25. The van der Waals surface area contributed by atoms with Crippen LogP contribution >= 0.6 is 27.3 Å². The summed E-state index contributed by atoms with van der Waals surface area (Å²) < 4.78 is 2.00. The average molecular weight is 356 g/mol. The second-order valence-corrected chi connectivity index (χ2v) is 6.84. The number of hydrogen-bond donors (Lipinski definition) is 1. The maximum atomic E-state index is 12.1. The molecule has 20 heavy (non-hydrogen) atoms. The van der Waals surface area contributed by atoms with Gasteiger partial charge in [0.25, 0.3) is 5.56 Å². The average Bonchev–Trinajstić information content (AvgIpc) is 2.88. The Morgan fingerprint density at radius 1 is 1.40 bits per heavy atom. The molecule has 0 spiro atoms. The first kappa shape index (κ1) is 15.3. The minimum absolute atomic E-state index is 0.0530. The van der Waals surface area contributed by atoms with Gasteiger partial charge in [0.15, 0.2) is 0 Å². The number of thiophene rings is 1. The van der Waals surface area contributed by atoms with Crippen molar-refractivity contribution in [2.24, 2.45) is 0 Å². The Morgan fingerprint density at radius 2 is 2.10 bits per heavy atom. The fraction of sp³-hybridized carbons (Fsp3) is 0.429. The molecule has 0 bridgehead atoms. The van der Waals surface area contributed by atoms with E-state index in [1.165, 1.54) is 14.4 Å². The van der Waals surface area contributed by atoms with E-state index >= 15 is 0 Å². The van der Waals surface area contributed by atoms with E-state index in [2.05, 4.69) is 45.4 Å². The van der Waals surface area contributed by atoms with Gasteiger partial charge in [0, 0.05) is 16.3 Å². The molecule has 2 aromatic heterocycles. The van der Waals surface area contributed by atoms with Gasteiger partial charge in [-0.1, -0.05) is 6.92 Å². The molecule has 0 saturated carbocycles. The number of anilines is 1. The molecule has 0 aliphatic carbocycles. The first-order chi connectivity index (χ1) is 9.52. The molecule has 4 nitrogen and oxygen atoms in total. The molecule has 2 rings (SSSR count). The summed E-state index contributed by atoms with van der Waals surface area (Å²) in [6, 6.07) is 4.32. The summed E-state index contributed by atoms with van der Waals surface area (Å²) in [5.74, 6) is 0. The van der Waals surface area contributed by atoms with E-state index in [9.17, 15) is 4.79 Å². The summed E-state index contributed by atoms with van der Waals surface area (Å²) >= 11 is 5.15. The van der Waals surface area contributed by atoms with Crippen LogP contribution in [0.15, 0.2) is 27.6 Å². The van der Waals surface area contributed by atoms with Crippen LogP contribution in [0.4, 0.5) is 5.69 Å². The zero-order valence-electron chi connectivity index (χ0n) is 11.8. The molecular weight excluding hydrogens is 338 g/mol. The number of rotatable bonds is 5. The van der Waals surface area contributed by atoms with Crippen molar-refractivity contribution in [1.82, 2.24) is 9.78 Å². The first-order valence-electron chi connectivity index (χ1n) is 6.61. The number of halogens is 1. The van der Waals surface area contributed by atoms with E-state index in [-0.39, 0.29) is 11.6 Å². The Hall–Kier alpha value is -1.14. The molecule has 0 aliphatic heterocycles. The van der Waals surface area contributed by atoms with E-state index in [0.29, 0.717) is 11.0 Å². The Bertz CT molecular complexity index is 648. The molecule has 0 aromatic carbocycles. The molecule has 6 heteroatoms. The van der Waals surface area contributed by atoms with Gasteiger partial charge < -0.3 is 5.32 Å². The molecule has 0 fully saturated rings. The summed E-state index contributed by atoms with van der Waals surface area (Å²) in [5, 5.41) is 7.45. The van der Waals surface area contributed by atoms with Crippen molar-refractivity contribution in [3.8, 4) is 0 Å². The highest BCUT2D eigenvalue weighted by molar-refractivity contribution is 9.10. The fourth-order valence-corrected chi connectivity index (χ4v) is 3.15. The van der Waals surface area contributed by atoms with E-state index in [0.717, 1.165) is 12.1 Å². The molecule has 0 atom stereocenters. The number of aryl methyl sites for hydroxylation is 1. The second-order valence-electron chi connectivity index (χ2n) is 4.79. The summed E-state index contributed by atoms with van der Waals surface area (Å²) in [7, 11) is 0. The maximum absolute atomic E-state index is 12.1. The monoisotopic (exact) mass is 355 g/mol. The third kappa shape index (κ3) is 3.30. The predicted octanol–water partition coefficient (Wildman–Crippen LogP) is 3.82. The van der Waals surface area contributed by atoms with Crippen LogP contribution in [0, 0.1) is 0 Å². The maximum Gasteiger partial charge on any atom is 0.283 e. The van der Waals surface area contributed by atoms with Gasteiger partial charge in [0.05, 0.1) is 17.9 Å². The van der Waals surface area contributed by atoms with Crippen LogP contribution in [0.2, 0.25) is 0 Å². The van der Waals surface area contributed by atoms with Gasteiger partial charge in [-0.15, -0.1) is 11.3 Å². The van der Waals surface area contributed by atoms with E-state index in [4.69, 9.17) is 0 Å². The van der Waals surface area contributed by atoms with Crippen molar-refractivity contribution in [3.05, 3.63) is 42.9 Å². The summed E-state index contributed by atoms with van der Waals surface area (Å²) in [5.41, 5.74) is 0.628. The van der Waals surface area contributed by atoms with Gasteiger partial charge in [-0.25, -0.2) is 4.68 Å². The normalized spacial score (nSPS) is 11.1. The number of aromatic nitrogens is 2. The van der Waals surface area contributed by atoms with E-state index in [1.807, 2.05) is 13.8 Å². The van der Waals surface area contributed by atoms with Crippen molar-refractivity contribution in [2.45, 2.75) is 39.8 Å². The molecule has 0 aliphatic rings. The lowest BCUT2D eigenvalue weighted by atomic mass is 10.3. The van der Waals surface area contributed by atoms with Crippen LogP contribution in [0.5, 0.6) is 0 Å². The molecule has 2 heterocycles. The van der Waals surface area contributed by atoms with Crippen LogP contribution in [0.25, 0.3) is 0 Å². The van der Waals surface area contributed by atoms with Crippen LogP contribution in [-0.4, -0.2) is 9.78 Å². The quantitative estimate of drug-likeness (QED) is 0.886. The lowest BCUT2D eigenvalue weighted by molar-refractivity contribution is 0.501. The molecule has 2 aromatic rings. The van der Waals surface area contributed by atoms with Gasteiger partial charge >= 0.3 is 0 Å². The topological polar surface area (TPSA) is 46.9 Å². The predicted molar refractivity (Wildman–Crippen MR) is 87.6 cm³/mol. The summed E-state index contributed by atoms with van der Waals surface area (Å²) in [4.78, 5) is 14.7. The third-order valence-electron chi connectivity index (χ3n) is 2.95. The highest BCUT2D eigenvalue weighted by Gasteiger charge is 2.10. The van der Waals surface area contributed by atoms with Crippen LogP contribution in [0.1, 0.15) is 36.6 Å². The molecule has 1 N–H and O–H groups in total. The molecule has 0 unspecified atom stereocenters. The minimum Gasteiger partial charge on any atom is -0.378 e. The Balaban J connectivity index is 2.14. The Labute approximate surface area is 131 Å². The zero-order valence-corrected chi connectivity index (χ0v) is 14.2. The van der Waals surface area contributed by atoms with Crippen LogP contribution in [-0.2, 0) is 13.0 Å². The van der Waals surface area contributed by atoms with E-state index in [1.54, 1.807) is 17.5 Å². The van der Waals surface area contributed by atoms with Crippen molar-refractivity contribution in [3.63, 3.8) is 0 Å². The van der Waals surface area contributed by atoms with Crippen molar-refractivity contribution < 1.29 is 0 Å². The van der Waals surface area contributed by atoms with Gasteiger partial charge in [-0.05, 0) is 48.3 Å². The molecule has 0 radical (unpaired) electrons. The van der Waals surface area contributed by atoms with Gasteiger partial charge in [0.2, 0.25) is 0 Å². The summed E-state index contributed by atoms with van der Waals surface area (Å²) in [6.07, 6.45) is 2.75. The largest absolute Gasteiger partial charge is 0.378 e. The second kappa shape index (κ2) is 6.54. The summed E-state index contributed by atoms with van der Waals surface area (Å²) in [6.45, 7) is 6.73. The van der Waals surface area contributed by atoms with Gasteiger partial charge in [-0.2, -0.15) is 5.10 Å².